The summed E-state index contributed by atoms with van der Waals surface area (Å²) in [6, 6.07) is 0. The fraction of sp³-hybridized carbons (Fsp3) is 0.500. The lowest BCUT2D eigenvalue weighted by Crippen LogP contribution is -2.23. The van der Waals surface area contributed by atoms with Crippen LogP contribution < -0.4 is 0 Å². The lowest BCUT2D eigenvalue weighted by molar-refractivity contribution is -0.124. The summed E-state index contributed by atoms with van der Waals surface area (Å²) < 4.78 is 0.979. The van der Waals surface area contributed by atoms with Crippen molar-refractivity contribution in [2.75, 3.05) is 25.6 Å². The summed E-state index contributed by atoms with van der Waals surface area (Å²) in [6.45, 7) is 4.09. The van der Waals surface area contributed by atoms with Gasteiger partial charge in [-0.1, -0.05) is 13.8 Å². The maximum Gasteiger partial charge on any atom is 0.255 e. The number of aldehydes is 1. The number of carbonyl (C=O) groups is 2. The molecule has 0 aromatic rings. The third kappa shape index (κ3) is 5.98. The highest BCUT2D eigenvalue weighted by atomic mass is 32.2. The monoisotopic (exact) mass is 273 g/mol. The molecule has 96 valence electrons. The Kier molecular flexibility index (Phi) is 8.99. The first-order valence-corrected chi connectivity index (χ1v) is 7.38. The molecular formula is C12H19NO2S2. The van der Waals surface area contributed by atoms with Crippen molar-refractivity contribution in [3.8, 4) is 0 Å². The van der Waals surface area contributed by atoms with E-state index in [4.69, 9.17) is 0 Å². The Morgan fingerprint density at radius 3 is 2.06 bits per heavy atom. The molecule has 0 rings (SSSR count). The quantitative estimate of drug-likeness (QED) is 0.406. The molecule has 0 fully saturated rings. The van der Waals surface area contributed by atoms with Crippen molar-refractivity contribution in [2.24, 2.45) is 0 Å². The van der Waals surface area contributed by atoms with Crippen LogP contribution in [0.25, 0.3) is 0 Å². The number of hydrogen-bond acceptors (Lipinski definition) is 4. The molecule has 0 aliphatic rings. The van der Waals surface area contributed by atoms with Crippen molar-refractivity contribution in [2.45, 2.75) is 13.8 Å². The first-order chi connectivity index (χ1) is 8.08. The van der Waals surface area contributed by atoms with Crippen molar-refractivity contribution < 1.29 is 9.59 Å². The van der Waals surface area contributed by atoms with Gasteiger partial charge < -0.3 is 4.90 Å². The van der Waals surface area contributed by atoms with Gasteiger partial charge in [-0.25, -0.2) is 0 Å². The van der Waals surface area contributed by atoms with Crippen molar-refractivity contribution in [3.63, 3.8) is 0 Å². The second kappa shape index (κ2) is 9.36. The van der Waals surface area contributed by atoms with Gasteiger partial charge in [-0.15, -0.1) is 23.5 Å². The van der Waals surface area contributed by atoms with Gasteiger partial charge in [0.15, 0.2) is 0 Å². The van der Waals surface area contributed by atoms with E-state index in [0.717, 1.165) is 15.7 Å². The van der Waals surface area contributed by atoms with Gasteiger partial charge in [0.05, 0.1) is 9.81 Å². The molecule has 0 unspecified atom stereocenters. The van der Waals surface area contributed by atoms with E-state index in [2.05, 4.69) is 0 Å². The zero-order valence-corrected chi connectivity index (χ0v) is 12.4. The Hall–Kier alpha value is -0.680. The van der Waals surface area contributed by atoms with E-state index in [-0.39, 0.29) is 5.91 Å². The summed E-state index contributed by atoms with van der Waals surface area (Å²) in [6.07, 6.45) is 3.65. The number of rotatable bonds is 7. The maximum absolute atomic E-state index is 12.0. The first kappa shape index (κ1) is 16.3. The van der Waals surface area contributed by atoms with Crippen LogP contribution in [0.4, 0.5) is 0 Å². The third-order valence-electron chi connectivity index (χ3n) is 1.75. The van der Waals surface area contributed by atoms with Crippen LogP contribution in [0.2, 0.25) is 0 Å². The second-order valence-corrected chi connectivity index (χ2v) is 6.07. The zero-order chi connectivity index (χ0) is 13.3. The topological polar surface area (TPSA) is 37.4 Å². The van der Waals surface area contributed by atoms with E-state index in [1.54, 1.807) is 43.7 Å². The SMILES string of the molecule is CCSC(SCC)=C(/C=C/C=O)C(=O)N(C)C. The van der Waals surface area contributed by atoms with Crippen molar-refractivity contribution in [1.82, 2.24) is 4.90 Å². The van der Waals surface area contributed by atoms with E-state index >= 15 is 0 Å². The van der Waals surface area contributed by atoms with Gasteiger partial charge in [-0.05, 0) is 23.7 Å². The lowest BCUT2D eigenvalue weighted by Gasteiger charge is -2.14. The number of amides is 1. The van der Waals surface area contributed by atoms with Gasteiger partial charge in [0, 0.05) is 14.1 Å². The minimum absolute atomic E-state index is 0.0694. The van der Waals surface area contributed by atoms with Gasteiger partial charge in [0.25, 0.3) is 5.91 Å². The highest BCUT2D eigenvalue weighted by molar-refractivity contribution is 8.22. The van der Waals surface area contributed by atoms with Crippen LogP contribution in [0.5, 0.6) is 0 Å². The molecule has 0 aliphatic carbocycles. The molecule has 1 amide bonds. The second-order valence-electron chi connectivity index (χ2n) is 3.26. The molecule has 0 heterocycles. The molecule has 5 heteroatoms. The fourth-order valence-electron chi connectivity index (χ4n) is 1.06. The Bertz CT molecular complexity index is 314. The van der Waals surface area contributed by atoms with E-state index in [0.29, 0.717) is 11.9 Å². The van der Waals surface area contributed by atoms with Gasteiger partial charge in [-0.3, -0.25) is 9.59 Å². The number of thioether (sulfide) groups is 2. The highest BCUT2D eigenvalue weighted by Crippen LogP contribution is 2.32. The molecule has 3 nitrogen and oxygen atoms in total. The lowest BCUT2D eigenvalue weighted by atomic mass is 10.2. The predicted octanol–water partition coefficient (Wildman–Crippen LogP) is 2.55. The zero-order valence-electron chi connectivity index (χ0n) is 10.7. The molecule has 0 aromatic heterocycles. The Balaban J connectivity index is 5.32. The number of nitrogens with zero attached hydrogens (tertiary/aromatic N) is 1. The Labute approximate surface area is 112 Å². The van der Waals surface area contributed by atoms with E-state index in [1.807, 2.05) is 13.8 Å². The molecule has 0 N–H and O–H groups in total. The normalized spacial score (nSPS) is 10.4. The Morgan fingerprint density at radius 2 is 1.71 bits per heavy atom. The van der Waals surface area contributed by atoms with Crippen molar-refractivity contribution >= 4 is 35.7 Å². The van der Waals surface area contributed by atoms with Gasteiger partial charge in [-0.2, -0.15) is 0 Å². The van der Waals surface area contributed by atoms with E-state index in [9.17, 15) is 9.59 Å². The number of carbonyl (C=O) groups excluding carboxylic acids is 2. The van der Waals surface area contributed by atoms with Crippen LogP contribution in [-0.4, -0.2) is 42.7 Å². The molecule has 0 saturated heterocycles. The Morgan fingerprint density at radius 1 is 1.18 bits per heavy atom. The van der Waals surface area contributed by atoms with Gasteiger partial charge in [0.1, 0.15) is 6.29 Å². The largest absolute Gasteiger partial charge is 0.345 e. The van der Waals surface area contributed by atoms with E-state index < -0.39 is 0 Å². The molecule has 0 aromatic carbocycles. The number of hydrogen-bond donors (Lipinski definition) is 0. The number of allylic oxidation sites excluding steroid dienone is 1. The van der Waals surface area contributed by atoms with Gasteiger partial charge in [0.2, 0.25) is 0 Å². The molecule has 0 aliphatic heterocycles. The summed E-state index contributed by atoms with van der Waals surface area (Å²) in [5, 5.41) is 0. The average molecular weight is 273 g/mol. The van der Waals surface area contributed by atoms with Crippen LogP contribution in [0.1, 0.15) is 13.8 Å². The smallest absolute Gasteiger partial charge is 0.255 e. The summed E-state index contributed by atoms with van der Waals surface area (Å²) in [5.74, 6) is 1.74. The van der Waals surface area contributed by atoms with Crippen LogP contribution in [-0.2, 0) is 9.59 Å². The average Bonchev–Trinajstić information content (AvgIpc) is 2.29. The molecule has 0 atom stereocenters. The third-order valence-corrected chi connectivity index (χ3v) is 4.00. The van der Waals surface area contributed by atoms with Crippen molar-refractivity contribution in [3.05, 3.63) is 22.0 Å². The minimum Gasteiger partial charge on any atom is -0.345 e. The standard InChI is InChI=1S/C12H19NO2S2/c1-5-16-12(17-6-2)10(8-7-9-14)11(15)13(3)4/h7-9H,5-6H2,1-4H3/b8-7+. The summed E-state index contributed by atoms with van der Waals surface area (Å²) >= 11 is 3.27. The predicted molar refractivity (Wildman–Crippen MR) is 77.2 cm³/mol. The van der Waals surface area contributed by atoms with Crippen LogP contribution in [0, 0.1) is 0 Å². The van der Waals surface area contributed by atoms with Gasteiger partial charge >= 0.3 is 0 Å². The molecule has 17 heavy (non-hydrogen) atoms. The summed E-state index contributed by atoms with van der Waals surface area (Å²) in [7, 11) is 3.42. The molecule has 0 saturated carbocycles. The van der Waals surface area contributed by atoms with Crippen LogP contribution >= 0.6 is 23.5 Å². The fourth-order valence-corrected chi connectivity index (χ4v) is 3.25. The summed E-state index contributed by atoms with van der Waals surface area (Å²) in [4.78, 5) is 23.9. The molecule has 0 bridgehead atoms. The molecular weight excluding hydrogens is 254 g/mol. The first-order valence-electron chi connectivity index (χ1n) is 5.41. The molecule has 0 spiro atoms. The number of likely N-dealkylation sites (N-methyl/N-ethyl adjacent to an activating group) is 1. The highest BCUT2D eigenvalue weighted by Gasteiger charge is 2.15. The van der Waals surface area contributed by atoms with Crippen molar-refractivity contribution in [1.29, 1.82) is 0 Å². The minimum atomic E-state index is -0.0694. The van der Waals surface area contributed by atoms with Crippen LogP contribution in [0.3, 0.4) is 0 Å². The van der Waals surface area contributed by atoms with E-state index in [1.165, 1.54) is 11.0 Å². The summed E-state index contributed by atoms with van der Waals surface area (Å²) in [5.41, 5.74) is 0.598. The molecule has 0 radical (unpaired) electrons. The van der Waals surface area contributed by atoms with Crippen LogP contribution in [0.15, 0.2) is 22.0 Å². The maximum atomic E-state index is 12.0.